The van der Waals surface area contributed by atoms with E-state index in [1.165, 1.54) is 13.8 Å². The lowest BCUT2D eigenvalue weighted by Crippen LogP contribution is -2.46. The summed E-state index contributed by atoms with van der Waals surface area (Å²) in [4.78, 5) is 28.6. The molecule has 2 aromatic rings. The monoisotopic (exact) mass is 530 g/mol. The molecule has 2 saturated heterocycles. The van der Waals surface area contributed by atoms with Crippen molar-refractivity contribution in [2.75, 3.05) is 38.0 Å². The molecular weight excluding hydrogens is 493 g/mol. The highest BCUT2D eigenvalue weighted by molar-refractivity contribution is 6.03. The molecule has 3 N–H and O–H groups in total. The number of halogens is 3. The Balaban J connectivity index is 1.33. The van der Waals surface area contributed by atoms with E-state index in [0.29, 0.717) is 37.5 Å². The van der Waals surface area contributed by atoms with Crippen LogP contribution in [0, 0.1) is 11.3 Å². The molecule has 38 heavy (non-hydrogen) atoms. The second-order valence-corrected chi connectivity index (χ2v) is 11.2. The van der Waals surface area contributed by atoms with E-state index in [2.05, 4.69) is 5.32 Å². The number of primary amides is 1. The Labute approximate surface area is 222 Å². The lowest BCUT2D eigenvalue weighted by molar-refractivity contribution is -0.217. The second-order valence-electron chi connectivity index (χ2n) is 11.2. The lowest BCUT2D eigenvalue weighted by Gasteiger charge is -2.38. The highest BCUT2D eigenvalue weighted by atomic mass is 19.4. The minimum Gasteiger partial charge on any atom is -0.385 e. The molecule has 2 aliphatic rings. The number of nitrogens with one attached hydrogen (secondary N) is 1. The van der Waals surface area contributed by atoms with Crippen LogP contribution >= 0.6 is 0 Å². The number of amides is 2. The van der Waals surface area contributed by atoms with Crippen LogP contribution in [-0.4, -0.2) is 66.6 Å². The molecule has 2 aromatic carbocycles. The predicted molar refractivity (Wildman–Crippen MR) is 143 cm³/mol. The summed E-state index contributed by atoms with van der Waals surface area (Å²) in [6.07, 6.45) is -1.14. The van der Waals surface area contributed by atoms with Gasteiger partial charge < -0.3 is 20.9 Å². The van der Waals surface area contributed by atoms with Crippen LogP contribution in [-0.2, 0) is 4.79 Å². The van der Waals surface area contributed by atoms with E-state index < -0.39 is 23.5 Å². The second kappa shape index (κ2) is 11.4. The summed E-state index contributed by atoms with van der Waals surface area (Å²) in [6.45, 7) is 5.18. The SMILES string of the molecule is CC(C)(CN1CCC(CNc2ccc(-c3ccccc3C(=O)N3CCC[C@H]3C(N)=O)cc2)CC1)C(F)(F)F. The third kappa shape index (κ3) is 6.31. The van der Waals surface area contributed by atoms with Gasteiger partial charge in [-0.05, 0) is 87.9 Å². The first-order valence-electron chi connectivity index (χ1n) is 13.3. The number of likely N-dealkylation sites (tertiary alicyclic amines) is 2. The van der Waals surface area contributed by atoms with Crippen LogP contribution in [0.3, 0.4) is 0 Å². The van der Waals surface area contributed by atoms with E-state index in [1.54, 1.807) is 11.0 Å². The van der Waals surface area contributed by atoms with Crippen molar-refractivity contribution >= 4 is 17.5 Å². The van der Waals surface area contributed by atoms with Crippen molar-refractivity contribution in [3.05, 3.63) is 54.1 Å². The van der Waals surface area contributed by atoms with Crippen LogP contribution in [0.15, 0.2) is 48.5 Å². The Hall–Kier alpha value is -3.07. The first kappa shape index (κ1) is 28.0. The Bertz CT molecular complexity index is 1130. The van der Waals surface area contributed by atoms with Crippen LogP contribution < -0.4 is 11.1 Å². The van der Waals surface area contributed by atoms with Crippen molar-refractivity contribution in [1.82, 2.24) is 9.80 Å². The van der Waals surface area contributed by atoms with Crippen molar-refractivity contribution in [2.45, 2.75) is 51.7 Å². The minimum atomic E-state index is -4.20. The van der Waals surface area contributed by atoms with E-state index in [9.17, 15) is 22.8 Å². The Morgan fingerprint density at radius 1 is 0.974 bits per heavy atom. The van der Waals surface area contributed by atoms with Gasteiger partial charge in [0.15, 0.2) is 0 Å². The van der Waals surface area contributed by atoms with Gasteiger partial charge in [0.25, 0.3) is 5.91 Å². The fourth-order valence-corrected chi connectivity index (χ4v) is 5.41. The quantitative estimate of drug-likeness (QED) is 0.495. The Morgan fingerprint density at radius 2 is 1.63 bits per heavy atom. The molecular formula is C29H37F3N4O2. The molecule has 0 aromatic heterocycles. The topological polar surface area (TPSA) is 78.7 Å². The molecule has 0 spiro atoms. The number of piperidine rings is 1. The largest absolute Gasteiger partial charge is 0.395 e. The molecule has 2 aliphatic heterocycles. The van der Waals surface area contributed by atoms with Gasteiger partial charge in [-0.15, -0.1) is 0 Å². The van der Waals surface area contributed by atoms with E-state index in [1.807, 2.05) is 47.4 Å². The molecule has 9 heteroatoms. The summed E-state index contributed by atoms with van der Waals surface area (Å²) in [5, 5.41) is 3.46. The average molecular weight is 531 g/mol. The van der Waals surface area contributed by atoms with Gasteiger partial charge in [0.1, 0.15) is 6.04 Å². The molecule has 2 amide bonds. The normalized spacial score (nSPS) is 19.5. The number of hydrogen-bond donors (Lipinski definition) is 2. The highest BCUT2D eigenvalue weighted by Gasteiger charge is 2.48. The third-order valence-corrected chi connectivity index (χ3v) is 7.88. The minimum absolute atomic E-state index is 0.0308. The molecule has 0 aliphatic carbocycles. The first-order chi connectivity index (χ1) is 18.0. The molecule has 2 fully saturated rings. The maximum absolute atomic E-state index is 13.3. The van der Waals surface area contributed by atoms with Crippen molar-refractivity contribution in [2.24, 2.45) is 17.1 Å². The lowest BCUT2D eigenvalue weighted by atomic mass is 9.89. The summed E-state index contributed by atoms with van der Waals surface area (Å²) in [7, 11) is 0. The van der Waals surface area contributed by atoms with Crippen molar-refractivity contribution < 1.29 is 22.8 Å². The number of anilines is 1. The van der Waals surface area contributed by atoms with Gasteiger partial charge in [-0.25, -0.2) is 0 Å². The summed E-state index contributed by atoms with van der Waals surface area (Å²) in [5.74, 6) is -0.259. The van der Waals surface area contributed by atoms with E-state index >= 15 is 0 Å². The highest BCUT2D eigenvalue weighted by Crippen LogP contribution is 2.38. The van der Waals surface area contributed by atoms with Gasteiger partial charge in [-0.2, -0.15) is 13.2 Å². The van der Waals surface area contributed by atoms with Gasteiger partial charge in [0, 0.05) is 30.9 Å². The summed E-state index contributed by atoms with van der Waals surface area (Å²) < 4.78 is 39.6. The number of benzene rings is 2. The van der Waals surface area contributed by atoms with Crippen molar-refractivity contribution in [3.8, 4) is 11.1 Å². The summed E-state index contributed by atoms with van der Waals surface area (Å²) in [5.41, 5.74) is 7.00. The molecule has 0 unspecified atom stereocenters. The summed E-state index contributed by atoms with van der Waals surface area (Å²) >= 11 is 0. The maximum Gasteiger partial charge on any atom is 0.395 e. The zero-order chi connectivity index (χ0) is 27.5. The van der Waals surface area contributed by atoms with Gasteiger partial charge in [-0.3, -0.25) is 9.59 Å². The number of carbonyl (C=O) groups excluding carboxylic acids is 2. The average Bonchev–Trinajstić information content (AvgIpc) is 3.38. The zero-order valence-electron chi connectivity index (χ0n) is 22.1. The first-order valence-corrected chi connectivity index (χ1v) is 13.3. The Morgan fingerprint density at radius 3 is 2.26 bits per heavy atom. The van der Waals surface area contributed by atoms with Crippen molar-refractivity contribution in [3.63, 3.8) is 0 Å². The van der Waals surface area contributed by atoms with Crippen molar-refractivity contribution in [1.29, 1.82) is 0 Å². The predicted octanol–water partition coefficient (Wildman–Crippen LogP) is 5.16. The van der Waals surface area contributed by atoms with Gasteiger partial charge in [0.2, 0.25) is 5.91 Å². The van der Waals surface area contributed by atoms with Crippen LogP contribution in [0.2, 0.25) is 0 Å². The third-order valence-electron chi connectivity index (χ3n) is 7.88. The van der Waals surface area contributed by atoms with Crippen LogP contribution in [0.1, 0.15) is 49.9 Å². The number of hydrogen-bond acceptors (Lipinski definition) is 4. The molecule has 0 saturated carbocycles. The van der Waals surface area contributed by atoms with Gasteiger partial charge in [0.05, 0.1) is 5.41 Å². The Kier molecular flexibility index (Phi) is 8.35. The molecule has 6 nitrogen and oxygen atoms in total. The van der Waals surface area contributed by atoms with Crippen LogP contribution in [0.4, 0.5) is 18.9 Å². The molecule has 206 valence electrons. The molecule has 0 radical (unpaired) electrons. The molecule has 0 bridgehead atoms. The fraction of sp³-hybridized carbons (Fsp3) is 0.517. The number of nitrogens with zero attached hydrogens (tertiary/aromatic N) is 2. The van der Waals surface area contributed by atoms with Crippen LogP contribution in [0.5, 0.6) is 0 Å². The molecule has 2 heterocycles. The molecule has 4 rings (SSSR count). The van der Waals surface area contributed by atoms with Crippen LogP contribution in [0.25, 0.3) is 11.1 Å². The fourth-order valence-electron chi connectivity index (χ4n) is 5.41. The number of nitrogens with two attached hydrogens (primary N) is 1. The maximum atomic E-state index is 13.3. The van der Waals surface area contributed by atoms with Gasteiger partial charge >= 0.3 is 6.18 Å². The smallest absolute Gasteiger partial charge is 0.385 e. The van der Waals surface area contributed by atoms with E-state index in [-0.39, 0.29) is 12.5 Å². The van der Waals surface area contributed by atoms with Gasteiger partial charge in [-0.1, -0.05) is 30.3 Å². The molecule has 1 atom stereocenters. The number of rotatable bonds is 8. The van der Waals surface area contributed by atoms with E-state index in [4.69, 9.17) is 5.73 Å². The van der Waals surface area contributed by atoms with E-state index in [0.717, 1.165) is 42.6 Å². The number of carbonyl (C=O) groups is 2. The zero-order valence-corrected chi connectivity index (χ0v) is 22.1. The standard InChI is InChI=1S/C29H37F3N4O2/c1-28(2,29(30,31)32)19-35-16-13-20(14-17-35)18-34-22-11-9-21(10-12-22)23-6-3-4-7-24(23)27(38)36-15-5-8-25(36)26(33)37/h3-4,6-7,9-12,20,25,34H,5,8,13-19H2,1-2H3,(H2,33,37)/t25-/m0/s1. The summed E-state index contributed by atoms with van der Waals surface area (Å²) in [6, 6.07) is 14.7. The number of alkyl halides is 3.